The first-order valence-electron chi connectivity index (χ1n) is 8.94. The van der Waals surface area contributed by atoms with Crippen molar-refractivity contribution in [1.29, 1.82) is 0 Å². The highest BCUT2D eigenvalue weighted by Crippen LogP contribution is 2.44. The Bertz CT molecular complexity index is 561. The van der Waals surface area contributed by atoms with Crippen molar-refractivity contribution in [2.45, 2.75) is 73.3 Å². The van der Waals surface area contributed by atoms with Gasteiger partial charge in [-0.05, 0) is 47.6 Å². The summed E-state index contributed by atoms with van der Waals surface area (Å²) < 4.78 is 5.23. The Morgan fingerprint density at radius 3 is 2.08 bits per heavy atom. The maximum absolute atomic E-state index is 11.5. The van der Waals surface area contributed by atoms with E-state index in [1.54, 1.807) is 6.92 Å². The van der Waals surface area contributed by atoms with Crippen LogP contribution in [0.2, 0.25) is 0 Å². The quantitative estimate of drug-likeness (QED) is 0.449. The van der Waals surface area contributed by atoms with E-state index in [-0.39, 0.29) is 16.8 Å². The SMILES string of the molecule is C=C(C)C(=O)OCc1ccc(C(CC)(CC(C)(C)C)C(C)C)cc1. The standard InChI is InChI=1S/C22H34O2/c1-9-22(17(4)5,15-21(6,7)8)19-12-10-18(11-13-19)14-24-20(23)16(2)3/h10-13,17H,2,9,14-15H2,1,3-8H3. The minimum atomic E-state index is -0.336. The lowest BCUT2D eigenvalue weighted by atomic mass is 9.62. The topological polar surface area (TPSA) is 26.3 Å². The smallest absolute Gasteiger partial charge is 0.333 e. The molecule has 1 aromatic carbocycles. The minimum absolute atomic E-state index is 0.172. The molecule has 0 spiro atoms. The number of ether oxygens (including phenoxy) is 1. The van der Waals surface area contributed by atoms with Gasteiger partial charge in [-0.15, -0.1) is 0 Å². The summed E-state index contributed by atoms with van der Waals surface area (Å²) in [6.07, 6.45) is 2.27. The van der Waals surface area contributed by atoms with Gasteiger partial charge in [-0.1, -0.05) is 72.4 Å². The molecule has 1 unspecified atom stereocenters. The van der Waals surface area contributed by atoms with Gasteiger partial charge in [0.2, 0.25) is 0 Å². The normalized spacial score (nSPS) is 14.3. The van der Waals surface area contributed by atoms with E-state index in [4.69, 9.17) is 4.74 Å². The van der Waals surface area contributed by atoms with Crippen molar-refractivity contribution in [2.24, 2.45) is 11.3 Å². The third-order valence-electron chi connectivity index (χ3n) is 4.83. The van der Waals surface area contributed by atoms with E-state index < -0.39 is 0 Å². The fraction of sp³-hybridized carbons (Fsp3) is 0.591. The summed E-state index contributed by atoms with van der Waals surface area (Å²) in [5, 5.41) is 0. The van der Waals surface area contributed by atoms with Crippen LogP contribution in [-0.2, 0) is 21.6 Å². The van der Waals surface area contributed by atoms with E-state index in [0.717, 1.165) is 18.4 Å². The summed E-state index contributed by atoms with van der Waals surface area (Å²) in [6, 6.07) is 8.57. The van der Waals surface area contributed by atoms with Gasteiger partial charge in [0.15, 0.2) is 0 Å². The highest BCUT2D eigenvalue weighted by atomic mass is 16.5. The zero-order chi connectivity index (χ0) is 18.5. The second kappa shape index (κ2) is 8.00. The van der Waals surface area contributed by atoms with Gasteiger partial charge < -0.3 is 4.74 Å². The Balaban J connectivity index is 3.01. The maximum atomic E-state index is 11.5. The van der Waals surface area contributed by atoms with Crippen LogP contribution in [0.5, 0.6) is 0 Å². The van der Waals surface area contributed by atoms with Gasteiger partial charge in [0, 0.05) is 5.57 Å². The number of carbonyl (C=O) groups excluding carboxylic acids is 1. The molecule has 0 heterocycles. The van der Waals surface area contributed by atoms with Crippen molar-refractivity contribution in [1.82, 2.24) is 0 Å². The maximum Gasteiger partial charge on any atom is 0.333 e. The number of hydrogen-bond donors (Lipinski definition) is 0. The van der Waals surface area contributed by atoms with Crippen LogP contribution in [0.3, 0.4) is 0 Å². The van der Waals surface area contributed by atoms with Gasteiger partial charge in [0.05, 0.1) is 0 Å². The van der Waals surface area contributed by atoms with E-state index in [2.05, 4.69) is 72.4 Å². The Morgan fingerprint density at radius 2 is 1.71 bits per heavy atom. The molecular weight excluding hydrogens is 296 g/mol. The van der Waals surface area contributed by atoms with Gasteiger partial charge in [-0.2, -0.15) is 0 Å². The molecule has 1 aromatic rings. The molecule has 2 nitrogen and oxygen atoms in total. The number of carbonyl (C=O) groups is 1. The molecule has 24 heavy (non-hydrogen) atoms. The summed E-state index contributed by atoms with van der Waals surface area (Å²) >= 11 is 0. The molecule has 0 saturated carbocycles. The van der Waals surface area contributed by atoms with Gasteiger partial charge in [-0.3, -0.25) is 0 Å². The molecule has 0 aromatic heterocycles. The molecule has 0 N–H and O–H groups in total. The fourth-order valence-electron chi connectivity index (χ4n) is 3.53. The zero-order valence-electron chi connectivity index (χ0n) is 16.5. The van der Waals surface area contributed by atoms with Crippen molar-refractivity contribution < 1.29 is 9.53 Å². The molecule has 0 amide bonds. The van der Waals surface area contributed by atoms with Crippen LogP contribution in [0.1, 0.15) is 72.4 Å². The van der Waals surface area contributed by atoms with E-state index in [0.29, 0.717) is 18.1 Å². The van der Waals surface area contributed by atoms with Crippen molar-refractivity contribution >= 4 is 5.97 Å². The van der Waals surface area contributed by atoms with Crippen LogP contribution in [0, 0.1) is 11.3 Å². The highest BCUT2D eigenvalue weighted by molar-refractivity contribution is 5.86. The summed E-state index contributed by atoms with van der Waals surface area (Å²) in [6.45, 7) is 19.4. The molecule has 0 saturated heterocycles. The lowest BCUT2D eigenvalue weighted by molar-refractivity contribution is -0.140. The van der Waals surface area contributed by atoms with Gasteiger partial charge >= 0.3 is 5.97 Å². The van der Waals surface area contributed by atoms with Gasteiger partial charge in [-0.25, -0.2) is 4.79 Å². The first-order valence-corrected chi connectivity index (χ1v) is 8.94. The molecule has 1 atom stereocenters. The Morgan fingerprint density at radius 1 is 1.17 bits per heavy atom. The Hall–Kier alpha value is -1.57. The molecule has 1 rings (SSSR count). The summed E-state index contributed by atoms with van der Waals surface area (Å²) in [4.78, 5) is 11.5. The summed E-state index contributed by atoms with van der Waals surface area (Å²) in [5.74, 6) is 0.228. The third kappa shape index (κ3) is 5.22. The summed E-state index contributed by atoms with van der Waals surface area (Å²) in [5.41, 5.74) is 3.27. The second-order valence-electron chi connectivity index (χ2n) is 8.46. The van der Waals surface area contributed by atoms with Crippen molar-refractivity contribution in [3.8, 4) is 0 Å². The zero-order valence-corrected chi connectivity index (χ0v) is 16.5. The monoisotopic (exact) mass is 330 g/mol. The molecule has 0 bridgehead atoms. The lowest BCUT2D eigenvalue weighted by Crippen LogP contribution is -2.36. The van der Waals surface area contributed by atoms with E-state index in [9.17, 15) is 4.79 Å². The Labute approximate surface area is 148 Å². The first kappa shape index (κ1) is 20.5. The largest absolute Gasteiger partial charge is 0.457 e. The van der Waals surface area contributed by atoms with Crippen molar-refractivity contribution in [2.75, 3.05) is 0 Å². The number of benzene rings is 1. The second-order valence-corrected chi connectivity index (χ2v) is 8.46. The average Bonchev–Trinajstić information content (AvgIpc) is 2.49. The van der Waals surface area contributed by atoms with Crippen LogP contribution in [0.25, 0.3) is 0 Å². The van der Waals surface area contributed by atoms with Crippen LogP contribution in [0.15, 0.2) is 36.4 Å². The first-order chi connectivity index (χ1) is 11.0. The number of hydrogen-bond acceptors (Lipinski definition) is 2. The molecule has 0 aliphatic carbocycles. The number of esters is 1. The predicted molar refractivity (Wildman–Crippen MR) is 102 cm³/mol. The summed E-state index contributed by atoms with van der Waals surface area (Å²) in [7, 11) is 0. The highest BCUT2D eigenvalue weighted by Gasteiger charge is 2.37. The Kier molecular flexibility index (Phi) is 6.83. The lowest BCUT2D eigenvalue weighted by Gasteiger charge is -2.42. The fourth-order valence-corrected chi connectivity index (χ4v) is 3.53. The molecule has 0 radical (unpaired) electrons. The van der Waals surface area contributed by atoms with Crippen molar-refractivity contribution in [3.05, 3.63) is 47.5 Å². The van der Waals surface area contributed by atoms with E-state index in [1.165, 1.54) is 5.56 Å². The van der Waals surface area contributed by atoms with Crippen LogP contribution >= 0.6 is 0 Å². The van der Waals surface area contributed by atoms with Crippen LogP contribution in [0.4, 0.5) is 0 Å². The molecule has 0 fully saturated rings. The van der Waals surface area contributed by atoms with Crippen LogP contribution in [-0.4, -0.2) is 5.97 Å². The van der Waals surface area contributed by atoms with Gasteiger partial charge in [0.1, 0.15) is 6.61 Å². The molecule has 0 aliphatic rings. The molecule has 134 valence electrons. The van der Waals surface area contributed by atoms with Gasteiger partial charge in [0.25, 0.3) is 0 Å². The molecule has 0 aliphatic heterocycles. The van der Waals surface area contributed by atoms with Crippen molar-refractivity contribution in [3.63, 3.8) is 0 Å². The molecular formula is C22H34O2. The third-order valence-corrected chi connectivity index (χ3v) is 4.83. The van der Waals surface area contributed by atoms with Crippen LogP contribution < -0.4 is 0 Å². The van der Waals surface area contributed by atoms with E-state index in [1.807, 2.05) is 0 Å². The average molecular weight is 331 g/mol. The molecule has 2 heteroatoms. The van der Waals surface area contributed by atoms with E-state index >= 15 is 0 Å². The minimum Gasteiger partial charge on any atom is -0.457 e. The number of rotatable bonds is 7. The predicted octanol–water partition coefficient (Wildman–Crippen LogP) is 6.05.